The molecule has 93 heavy (non-hydrogen) atoms. The molecule has 0 saturated heterocycles. The molecule has 0 aromatic carbocycles. The highest BCUT2D eigenvalue weighted by Crippen LogP contribution is 2.22. The van der Waals surface area contributed by atoms with Gasteiger partial charge in [0.15, 0.2) is 11.7 Å². The lowest BCUT2D eigenvalue weighted by Crippen LogP contribution is -2.37. The van der Waals surface area contributed by atoms with Crippen molar-refractivity contribution in [3.05, 3.63) is 188 Å². The van der Waals surface area contributed by atoms with E-state index >= 15 is 0 Å². The fraction of sp³-hybridized carbons (Fsp3) is 0.500. The second-order valence-corrected chi connectivity index (χ2v) is 24.0. The van der Waals surface area contributed by atoms with E-state index in [9.17, 15) is 83.5 Å². The maximum Gasteiger partial charge on any atom is 0.397 e. The number of amides is 1. The molecular weight excluding hydrogens is 1220 g/mol. The lowest BCUT2D eigenvalue weighted by atomic mass is 9.88. The summed E-state index contributed by atoms with van der Waals surface area (Å²) in [5.41, 5.74) is 6.63. The highest BCUT2D eigenvalue weighted by Gasteiger charge is 2.30. The number of aliphatic imine (C=N–C) groups is 1. The molecular formula is C70H104N4O18S. The van der Waals surface area contributed by atoms with E-state index in [1.807, 2.05) is 43.4 Å². The van der Waals surface area contributed by atoms with Crippen LogP contribution in [0.5, 0.6) is 0 Å². The lowest BCUT2D eigenvalue weighted by molar-refractivity contribution is -0.127. The maximum absolute atomic E-state index is 13.1. The third kappa shape index (κ3) is 44.7. The molecule has 1 aromatic heterocycles. The lowest BCUT2D eigenvalue weighted by Gasteiger charge is -2.25. The van der Waals surface area contributed by atoms with Crippen LogP contribution in [0.3, 0.4) is 0 Å². The molecule has 1 amide bonds. The van der Waals surface area contributed by atoms with Crippen molar-refractivity contribution in [3.63, 3.8) is 0 Å². The van der Waals surface area contributed by atoms with E-state index in [0.29, 0.717) is 18.4 Å². The van der Waals surface area contributed by atoms with Gasteiger partial charge in [-0.15, -0.1) is 0 Å². The van der Waals surface area contributed by atoms with Crippen LogP contribution < -0.4 is 11.1 Å². The van der Waals surface area contributed by atoms with Crippen LogP contribution in [-0.2, 0) is 24.2 Å². The smallest absolute Gasteiger partial charge is 0.393 e. The van der Waals surface area contributed by atoms with Crippen LogP contribution in [0.25, 0.3) is 0 Å². The molecule has 0 bridgehead atoms. The quantitative estimate of drug-likeness (QED) is 0.00635. The number of carbonyl (C=O) groups is 3. The number of ketones is 2. The van der Waals surface area contributed by atoms with Gasteiger partial charge in [-0.1, -0.05) is 179 Å². The van der Waals surface area contributed by atoms with E-state index in [1.165, 1.54) is 62.6 Å². The van der Waals surface area contributed by atoms with Crippen LogP contribution in [0.2, 0.25) is 0 Å². The summed E-state index contributed by atoms with van der Waals surface area (Å²) in [6, 6.07) is 4.87. The van der Waals surface area contributed by atoms with Crippen LogP contribution in [0, 0.1) is 17.8 Å². The molecule has 23 heteroatoms. The van der Waals surface area contributed by atoms with Gasteiger partial charge in [-0.2, -0.15) is 8.42 Å². The first kappa shape index (κ1) is 84.5. The van der Waals surface area contributed by atoms with E-state index < -0.39 is 114 Å². The van der Waals surface area contributed by atoms with Gasteiger partial charge in [0.2, 0.25) is 0 Å². The summed E-state index contributed by atoms with van der Waals surface area (Å²) in [6.45, 7) is 8.61. The Labute approximate surface area is 549 Å². The van der Waals surface area contributed by atoms with Crippen molar-refractivity contribution in [1.29, 1.82) is 0 Å². The molecule has 1 rings (SSSR count). The van der Waals surface area contributed by atoms with E-state index in [2.05, 4.69) is 15.3 Å². The Morgan fingerprint density at radius 3 is 1.66 bits per heavy atom. The Bertz CT molecular complexity index is 2840. The second-order valence-electron chi connectivity index (χ2n) is 22.9. The minimum Gasteiger partial charge on any atom is -0.393 e. The number of nitrogens with zero attached hydrogens (tertiary/aromatic N) is 2. The van der Waals surface area contributed by atoms with Gasteiger partial charge in [-0.05, 0) is 95.8 Å². The summed E-state index contributed by atoms with van der Waals surface area (Å²) < 4.78 is 37.5. The number of carbonyl (C=O) groups excluding carboxylic acids is 3. The molecule has 22 nitrogen and oxygen atoms in total. The molecule has 1 heterocycles. The Kier molecular flexibility index (Phi) is 45.4. The number of aliphatic hydroxyl groups is 11. The van der Waals surface area contributed by atoms with E-state index in [0.717, 1.165) is 12.8 Å². The van der Waals surface area contributed by atoms with Gasteiger partial charge in [0.25, 0.3) is 5.91 Å². The molecule has 15 atom stereocenters. The molecule has 518 valence electrons. The van der Waals surface area contributed by atoms with E-state index in [1.54, 1.807) is 105 Å². The van der Waals surface area contributed by atoms with Crippen molar-refractivity contribution in [1.82, 2.24) is 10.3 Å². The van der Waals surface area contributed by atoms with E-state index in [-0.39, 0.29) is 87.7 Å². The van der Waals surface area contributed by atoms with Crippen LogP contribution in [0.15, 0.2) is 187 Å². The number of nitrogens with two attached hydrogens (primary N) is 1. The molecule has 1 aromatic rings. The summed E-state index contributed by atoms with van der Waals surface area (Å²) in [5.74, 6) is -2.81. The second kappa shape index (κ2) is 50.0. The molecule has 15 N–H and O–H groups in total. The number of guanidine groups is 1. The van der Waals surface area contributed by atoms with Gasteiger partial charge in [0.1, 0.15) is 11.5 Å². The Balaban J connectivity index is 2.43. The molecule has 0 saturated carbocycles. The zero-order valence-corrected chi connectivity index (χ0v) is 55.0. The number of aliphatic hydroxyl groups excluding tert-OH is 11. The number of aromatic nitrogens is 1. The number of unbranched alkanes of at least 4 members (excludes halogenated alkanes) is 1. The zero-order valence-electron chi connectivity index (χ0n) is 54.2. The number of hydrogen-bond acceptors (Lipinski definition) is 19. The number of nitrogens with one attached hydrogen (secondary N) is 1. The molecule has 0 aliphatic heterocycles. The summed E-state index contributed by atoms with van der Waals surface area (Å²) in [7, 11) is -4.96. The summed E-state index contributed by atoms with van der Waals surface area (Å²) in [6.07, 6.45) is 32.6. The van der Waals surface area contributed by atoms with Gasteiger partial charge in [0, 0.05) is 56.2 Å². The van der Waals surface area contributed by atoms with Crippen molar-refractivity contribution in [2.24, 2.45) is 28.5 Å². The Morgan fingerprint density at radius 1 is 0.591 bits per heavy atom. The SMILES string of the molecule is CC(=O)/C(C)=C/C=C/C=C/CC/C=C/C(C)C(O)C(C)C(O)/C=C/C=C/C=C/C=C/C=C/C=C/CC(OS(=O)(=O)O)C(C)C(=O)CC(O)CC(O)/C=C/CC(O)CC(O)CC(O)/C=C/CC(O)CC(O)/C=C/CC(O)CC(O)CCCN=C(N)NC(=O)c1ccccn1. The number of Topliss-reactive ketones (excluding diaryl/α,β-unsaturated/α-hetero) is 2. The fourth-order valence-corrected chi connectivity index (χ4v) is 9.39. The predicted molar refractivity (Wildman–Crippen MR) is 362 cm³/mol. The standard InChI is InChI=1S/C70H104N4O18S/c1-50(54(5)75)30-20-16-12-11-13-17-21-31-51(2)68(87)53(4)65(85)40-22-18-14-9-7-6-8-10-15-19-23-41-67(92-93(89,90)91)52(3)66(86)49-63(84)48-60(81)37-28-36-59(80)47-62(83)46-58(79)35-27-34-56(77)44-55(76)32-26-33-57(78)45-61(82)38-29-43-73-70(71)74-69(88)64-39-24-25-42-72-64/h6-12,14-16,18-28,30-32,35,37,39-40,42,51-53,55-63,65,67-68,76-85,87H,13,17,29,33-34,36,38,41,43-49H2,1-5H3,(H,89,90,91)(H3,71,73,74,88)/b8-6+,9-7+,12-11+,15-10+,18-14+,20-16+,23-19+,31-21+,32-26+,35-27+,37-28+,40-22+,50-30+. The highest BCUT2D eigenvalue weighted by atomic mass is 32.3. The largest absolute Gasteiger partial charge is 0.397 e. The van der Waals surface area contributed by atoms with Crippen molar-refractivity contribution in [3.8, 4) is 0 Å². The van der Waals surface area contributed by atoms with Gasteiger partial charge in [-0.25, -0.2) is 4.18 Å². The van der Waals surface area contributed by atoms with Crippen molar-refractivity contribution in [2.75, 3.05) is 6.54 Å². The van der Waals surface area contributed by atoms with Crippen molar-refractivity contribution >= 4 is 33.8 Å². The third-order valence-electron chi connectivity index (χ3n) is 14.4. The van der Waals surface area contributed by atoms with Crippen molar-refractivity contribution in [2.45, 2.75) is 198 Å². The number of pyridine rings is 1. The van der Waals surface area contributed by atoms with E-state index in [4.69, 9.17) is 9.92 Å². The molecule has 0 aliphatic rings. The third-order valence-corrected chi connectivity index (χ3v) is 14.9. The van der Waals surface area contributed by atoms with Gasteiger partial charge in [0.05, 0.1) is 73.2 Å². The highest BCUT2D eigenvalue weighted by molar-refractivity contribution is 7.80. The minimum atomic E-state index is -4.96. The topological polar surface area (TPSA) is 401 Å². The maximum atomic E-state index is 13.1. The molecule has 0 fully saturated rings. The Morgan fingerprint density at radius 2 is 1.10 bits per heavy atom. The molecule has 0 spiro atoms. The summed E-state index contributed by atoms with van der Waals surface area (Å²) in [4.78, 5) is 44.4. The first-order chi connectivity index (χ1) is 44.1. The summed E-state index contributed by atoms with van der Waals surface area (Å²) >= 11 is 0. The van der Waals surface area contributed by atoms with Gasteiger partial charge < -0.3 is 61.9 Å². The van der Waals surface area contributed by atoms with Crippen LogP contribution in [-0.4, -0.2) is 177 Å². The number of rotatable bonds is 48. The molecule has 0 aliphatic carbocycles. The molecule has 0 radical (unpaired) electrons. The normalized spacial score (nSPS) is 18.5. The minimum absolute atomic E-state index is 0.00642. The predicted octanol–water partition coefficient (Wildman–Crippen LogP) is 6.43. The number of allylic oxidation sites excluding steroid dienone is 17. The Hall–Kier alpha value is -6.52. The average Bonchev–Trinajstić information content (AvgIpc) is 2.26. The first-order valence-corrected chi connectivity index (χ1v) is 32.8. The van der Waals surface area contributed by atoms with Crippen LogP contribution in [0.4, 0.5) is 0 Å². The van der Waals surface area contributed by atoms with Gasteiger partial charge in [-0.3, -0.25) is 34.2 Å². The number of hydrogen-bond donors (Lipinski definition) is 14. The van der Waals surface area contributed by atoms with Crippen LogP contribution in [0.1, 0.15) is 135 Å². The molecule has 15 unspecified atom stereocenters. The van der Waals surface area contributed by atoms with Crippen LogP contribution >= 0.6 is 0 Å². The average molecular weight is 1320 g/mol. The first-order valence-electron chi connectivity index (χ1n) is 31.4. The summed E-state index contributed by atoms with van der Waals surface area (Å²) in [5, 5.41) is 118. The zero-order chi connectivity index (χ0) is 69.6. The van der Waals surface area contributed by atoms with Crippen molar-refractivity contribution < 1.29 is 87.7 Å². The fourth-order valence-electron chi connectivity index (χ4n) is 8.83. The monoisotopic (exact) mass is 1320 g/mol. The van der Waals surface area contributed by atoms with Gasteiger partial charge >= 0.3 is 10.4 Å².